The average Bonchev–Trinajstić information content (AvgIpc) is 2.22. The Kier molecular flexibility index (Phi) is 7.95. The van der Waals surface area contributed by atoms with E-state index in [9.17, 15) is 4.79 Å². The lowest BCUT2D eigenvalue weighted by Gasteiger charge is -2.37. The largest absolute Gasteiger partial charge is 0.351 e. The van der Waals surface area contributed by atoms with Gasteiger partial charge in [-0.25, -0.2) is 4.79 Å². The maximum absolute atomic E-state index is 11.2. The van der Waals surface area contributed by atoms with Crippen LogP contribution in [0.25, 0.3) is 0 Å². The zero-order valence-corrected chi connectivity index (χ0v) is 12.5. The molecule has 0 rings (SSSR count). The van der Waals surface area contributed by atoms with Crippen LogP contribution in [0.3, 0.4) is 0 Å². The maximum Gasteiger partial charge on any atom is 0.314 e. The predicted octanol–water partition coefficient (Wildman–Crippen LogP) is 1.22. The van der Waals surface area contributed by atoms with Crippen LogP contribution in [0.15, 0.2) is 0 Å². The molecule has 1 atom stereocenters. The van der Waals surface area contributed by atoms with Crippen LogP contribution in [-0.2, 0) is 0 Å². The number of rotatable bonds is 8. The molecule has 5 heteroatoms. The van der Waals surface area contributed by atoms with Crippen molar-refractivity contribution in [2.45, 2.75) is 59.2 Å². The van der Waals surface area contributed by atoms with Gasteiger partial charge < -0.3 is 16.4 Å². The van der Waals surface area contributed by atoms with Crippen LogP contribution in [0, 0.1) is 0 Å². The van der Waals surface area contributed by atoms with Gasteiger partial charge >= 0.3 is 6.03 Å². The molecule has 0 bridgehead atoms. The summed E-state index contributed by atoms with van der Waals surface area (Å²) in [6.45, 7) is 12.6. The number of carbonyl (C=O) groups is 1. The molecule has 0 spiro atoms. The third-order valence-electron chi connectivity index (χ3n) is 3.23. The molecular weight excluding hydrogens is 228 g/mol. The first-order chi connectivity index (χ1) is 8.31. The van der Waals surface area contributed by atoms with Crippen LogP contribution in [0.4, 0.5) is 4.79 Å². The first-order valence-electron chi connectivity index (χ1n) is 6.83. The first-order valence-corrected chi connectivity index (χ1v) is 6.83. The van der Waals surface area contributed by atoms with Crippen molar-refractivity contribution in [3.8, 4) is 0 Å². The Morgan fingerprint density at radius 1 is 1.06 bits per heavy atom. The minimum absolute atomic E-state index is 0.381. The van der Waals surface area contributed by atoms with E-state index < -0.39 is 0 Å². The maximum atomic E-state index is 11.2. The molecule has 108 valence electrons. The Labute approximate surface area is 111 Å². The predicted molar refractivity (Wildman–Crippen MR) is 76.4 cm³/mol. The summed E-state index contributed by atoms with van der Waals surface area (Å²) in [6, 6.07) is 1.03. The van der Waals surface area contributed by atoms with E-state index in [0.29, 0.717) is 37.8 Å². The van der Waals surface area contributed by atoms with E-state index in [1.165, 1.54) is 0 Å². The molecule has 2 amide bonds. The second-order valence-corrected chi connectivity index (χ2v) is 5.39. The second kappa shape index (κ2) is 8.32. The molecule has 0 saturated carbocycles. The van der Waals surface area contributed by atoms with Crippen molar-refractivity contribution in [1.29, 1.82) is 0 Å². The third kappa shape index (κ3) is 5.69. The molecule has 5 nitrogen and oxygen atoms in total. The van der Waals surface area contributed by atoms with Crippen LogP contribution < -0.4 is 11.5 Å². The summed E-state index contributed by atoms with van der Waals surface area (Å²) in [7, 11) is 0. The normalized spacial score (nSPS) is 13.4. The Morgan fingerprint density at radius 3 is 1.89 bits per heavy atom. The molecule has 0 saturated heterocycles. The Balaban J connectivity index is 4.36. The highest BCUT2D eigenvalue weighted by molar-refractivity contribution is 5.71. The molecule has 0 aromatic carbocycles. The lowest BCUT2D eigenvalue weighted by atomic mass is 10.1. The van der Waals surface area contributed by atoms with E-state index in [4.69, 9.17) is 11.5 Å². The molecule has 0 fully saturated rings. The van der Waals surface area contributed by atoms with Gasteiger partial charge in [0, 0.05) is 37.8 Å². The van der Waals surface area contributed by atoms with Crippen molar-refractivity contribution in [1.82, 2.24) is 9.80 Å². The van der Waals surface area contributed by atoms with Crippen LogP contribution in [-0.4, -0.2) is 53.6 Å². The quantitative estimate of drug-likeness (QED) is 0.687. The van der Waals surface area contributed by atoms with E-state index in [1.807, 2.05) is 0 Å². The minimum Gasteiger partial charge on any atom is -0.351 e. The number of urea groups is 1. The fraction of sp³-hybridized carbons (Fsp3) is 0.923. The van der Waals surface area contributed by atoms with Crippen LogP contribution in [0.5, 0.6) is 0 Å². The number of carbonyl (C=O) groups excluding carboxylic acids is 1. The Hall–Kier alpha value is -0.810. The number of nitrogens with two attached hydrogens (primary N) is 2. The molecule has 0 aromatic rings. The van der Waals surface area contributed by atoms with Gasteiger partial charge in [-0.1, -0.05) is 0 Å². The molecule has 0 aliphatic rings. The third-order valence-corrected chi connectivity index (χ3v) is 3.23. The van der Waals surface area contributed by atoms with Gasteiger partial charge in [0.2, 0.25) is 0 Å². The van der Waals surface area contributed by atoms with Gasteiger partial charge in [0.1, 0.15) is 0 Å². The fourth-order valence-corrected chi connectivity index (χ4v) is 2.59. The summed E-state index contributed by atoms with van der Waals surface area (Å²) in [5, 5.41) is 0. The Morgan fingerprint density at radius 2 is 1.56 bits per heavy atom. The van der Waals surface area contributed by atoms with Crippen molar-refractivity contribution < 1.29 is 4.79 Å². The molecule has 0 aliphatic carbocycles. The molecule has 0 aromatic heterocycles. The summed E-state index contributed by atoms with van der Waals surface area (Å²) in [5.74, 6) is 0. The first kappa shape index (κ1) is 17.2. The van der Waals surface area contributed by atoms with Crippen LogP contribution >= 0.6 is 0 Å². The van der Waals surface area contributed by atoms with Crippen LogP contribution in [0.2, 0.25) is 0 Å². The number of amides is 2. The zero-order chi connectivity index (χ0) is 14.3. The number of hydrogen-bond donors (Lipinski definition) is 2. The van der Waals surface area contributed by atoms with Gasteiger partial charge in [0.05, 0.1) is 0 Å². The van der Waals surface area contributed by atoms with E-state index in [1.54, 1.807) is 4.90 Å². The number of nitrogens with zero attached hydrogens (tertiary/aromatic N) is 2. The SMILES string of the molecule is CC(C)N(C(C)C)C(C)CCN(CCN)C(N)=O. The van der Waals surface area contributed by atoms with Crippen LogP contribution in [0.1, 0.15) is 41.0 Å². The molecule has 1 unspecified atom stereocenters. The number of hydrogen-bond acceptors (Lipinski definition) is 3. The van der Waals surface area contributed by atoms with E-state index >= 15 is 0 Å². The smallest absolute Gasteiger partial charge is 0.314 e. The zero-order valence-electron chi connectivity index (χ0n) is 12.5. The molecule has 0 heterocycles. The van der Waals surface area contributed by atoms with E-state index in [-0.39, 0.29) is 6.03 Å². The van der Waals surface area contributed by atoms with Gasteiger partial charge in [-0.2, -0.15) is 0 Å². The summed E-state index contributed by atoms with van der Waals surface area (Å²) < 4.78 is 0. The molecular formula is C13H30N4O. The minimum atomic E-state index is -0.381. The fourth-order valence-electron chi connectivity index (χ4n) is 2.59. The van der Waals surface area contributed by atoms with E-state index in [0.717, 1.165) is 6.42 Å². The van der Waals surface area contributed by atoms with Crippen molar-refractivity contribution >= 4 is 6.03 Å². The monoisotopic (exact) mass is 258 g/mol. The summed E-state index contributed by atoms with van der Waals surface area (Å²) in [5.41, 5.74) is 10.8. The molecule has 0 aliphatic heterocycles. The standard InChI is InChI=1S/C13H30N4O/c1-10(2)17(11(3)4)12(5)6-8-16(9-7-14)13(15)18/h10-12H,6-9,14H2,1-5H3,(H2,15,18). The lowest BCUT2D eigenvalue weighted by molar-refractivity contribution is 0.109. The summed E-state index contributed by atoms with van der Waals surface area (Å²) >= 11 is 0. The molecule has 18 heavy (non-hydrogen) atoms. The van der Waals surface area contributed by atoms with Gasteiger partial charge in [-0.05, 0) is 41.0 Å². The van der Waals surface area contributed by atoms with Crippen molar-refractivity contribution in [2.75, 3.05) is 19.6 Å². The highest BCUT2D eigenvalue weighted by Crippen LogP contribution is 2.13. The average molecular weight is 258 g/mol. The van der Waals surface area contributed by atoms with Gasteiger partial charge in [-0.3, -0.25) is 4.90 Å². The highest BCUT2D eigenvalue weighted by Gasteiger charge is 2.21. The summed E-state index contributed by atoms with van der Waals surface area (Å²) in [4.78, 5) is 15.3. The van der Waals surface area contributed by atoms with Gasteiger partial charge in [0.15, 0.2) is 0 Å². The van der Waals surface area contributed by atoms with E-state index in [2.05, 4.69) is 39.5 Å². The number of primary amides is 1. The van der Waals surface area contributed by atoms with Gasteiger partial charge in [-0.15, -0.1) is 0 Å². The van der Waals surface area contributed by atoms with Crippen molar-refractivity contribution in [3.63, 3.8) is 0 Å². The topological polar surface area (TPSA) is 75.6 Å². The van der Waals surface area contributed by atoms with Crippen molar-refractivity contribution in [2.24, 2.45) is 11.5 Å². The lowest BCUT2D eigenvalue weighted by Crippen LogP contribution is -2.46. The second-order valence-electron chi connectivity index (χ2n) is 5.39. The summed E-state index contributed by atoms with van der Waals surface area (Å²) in [6.07, 6.45) is 0.916. The Bertz CT molecular complexity index is 235. The van der Waals surface area contributed by atoms with Gasteiger partial charge in [0.25, 0.3) is 0 Å². The molecule has 4 N–H and O–H groups in total. The highest BCUT2D eigenvalue weighted by atomic mass is 16.2. The molecule has 0 radical (unpaired) electrons. The van der Waals surface area contributed by atoms with Crippen molar-refractivity contribution in [3.05, 3.63) is 0 Å².